The summed E-state index contributed by atoms with van der Waals surface area (Å²) in [6.45, 7) is 15.4. The standard InChI is InChI=1S/C16H34N2/c1-6-9-15-12-17-16(7-2,8-3)13-18(15)11-10-14(4)5/h14-15,17H,6-13H2,1-5H3. The number of nitrogens with zero attached hydrogens (tertiary/aromatic N) is 1. The van der Waals surface area contributed by atoms with E-state index in [-0.39, 0.29) is 0 Å². The molecule has 2 nitrogen and oxygen atoms in total. The molecule has 108 valence electrons. The molecule has 0 amide bonds. The Morgan fingerprint density at radius 1 is 1.22 bits per heavy atom. The molecule has 18 heavy (non-hydrogen) atoms. The van der Waals surface area contributed by atoms with Crippen molar-refractivity contribution in [2.45, 2.75) is 78.3 Å². The topological polar surface area (TPSA) is 15.3 Å². The van der Waals surface area contributed by atoms with Crippen molar-refractivity contribution in [3.63, 3.8) is 0 Å². The largest absolute Gasteiger partial charge is 0.308 e. The summed E-state index contributed by atoms with van der Waals surface area (Å²) in [7, 11) is 0. The Morgan fingerprint density at radius 3 is 2.39 bits per heavy atom. The third-order valence-corrected chi connectivity index (χ3v) is 4.70. The lowest BCUT2D eigenvalue weighted by Crippen LogP contribution is -2.63. The molecule has 1 saturated heterocycles. The van der Waals surface area contributed by atoms with Crippen LogP contribution in [-0.4, -0.2) is 36.1 Å². The maximum absolute atomic E-state index is 3.84. The fourth-order valence-electron chi connectivity index (χ4n) is 3.06. The SMILES string of the molecule is CCCC1CNC(CC)(CC)CN1CCC(C)C. The first-order valence-electron chi connectivity index (χ1n) is 8.06. The number of hydrogen-bond acceptors (Lipinski definition) is 2. The van der Waals surface area contributed by atoms with E-state index in [1.807, 2.05) is 0 Å². The molecule has 0 spiro atoms. The van der Waals surface area contributed by atoms with E-state index in [1.54, 1.807) is 0 Å². The van der Waals surface area contributed by atoms with Crippen molar-refractivity contribution in [2.75, 3.05) is 19.6 Å². The molecule has 0 saturated carbocycles. The van der Waals surface area contributed by atoms with Crippen molar-refractivity contribution in [2.24, 2.45) is 5.92 Å². The van der Waals surface area contributed by atoms with E-state index in [1.165, 1.54) is 51.7 Å². The van der Waals surface area contributed by atoms with Gasteiger partial charge in [-0.15, -0.1) is 0 Å². The molecular weight excluding hydrogens is 220 g/mol. The van der Waals surface area contributed by atoms with Crippen LogP contribution in [0.25, 0.3) is 0 Å². The zero-order valence-corrected chi connectivity index (χ0v) is 13.3. The molecule has 2 heteroatoms. The van der Waals surface area contributed by atoms with Gasteiger partial charge >= 0.3 is 0 Å². The predicted molar refractivity (Wildman–Crippen MR) is 81.0 cm³/mol. The van der Waals surface area contributed by atoms with E-state index in [2.05, 4.69) is 44.8 Å². The molecule has 1 fully saturated rings. The molecule has 0 aromatic heterocycles. The Morgan fingerprint density at radius 2 is 1.89 bits per heavy atom. The molecule has 1 aliphatic rings. The molecule has 1 heterocycles. The Hall–Kier alpha value is -0.0800. The number of nitrogens with one attached hydrogen (secondary N) is 1. The van der Waals surface area contributed by atoms with Crippen molar-refractivity contribution >= 4 is 0 Å². The highest BCUT2D eigenvalue weighted by Crippen LogP contribution is 2.25. The van der Waals surface area contributed by atoms with Gasteiger partial charge in [-0.1, -0.05) is 41.0 Å². The lowest BCUT2D eigenvalue weighted by molar-refractivity contribution is 0.0642. The van der Waals surface area contributed by atoms with Gasteiger partial charge in [0.15, 0.2) is 0 Å². The fraction of sp³-hybridized carbons (Fsp3) is 1.00. The summed E-state index contributed by atoms with van der Waals surface area (Å²) in [4.78, 5) is 2.77. The van der Waals surface area contributed by atoms with Crippen LogP contribution >= 0.6 is 0 Å². The number of piperazine rings is 1. The quantitative estimate of drug-likeness (QED) is 0.746. The first-order chi connectivity index (χ1) is 8.56. The van der Waals surface area contributed by atoms with Crippen LogP contribution in [0.1, 0.15) is 66.7 Å². The lowest BCUT2D eigenvalue weighted by atomic mass is 9.87. The minimum atomic E-state index is 0.376. The van der Waals surface area contributed by atoms with Crippen molar-refractivity contribution in [1.29, 1.82) is 0 Å². The molecule has 1 aliphatic heterocycles. The van der Waals surface area contributed by atoms with E-state index in [9.17, 15) is 0 Å². The van der Waals surface area contributed by atoms with Crippen molar-refractivity contribution in [3.05, 3.63) is 0 Å². The highest BCUT2D eigenvalue weighted by Gasteiger charge is 2.35. The molecule has 0 aliphatic carbocycles. The summed E-state index contributed by atoms with van der Waals surface area (Å²) in [5.41, 5.74) is 0.376. The van der Waals surface area contributed by atoms with E-state index in [4.69, 9.17) is 0 Å². The molecular formula is C16H34N2. The molecule has 1 atom stereocenters. The van der Waals surface area contributed by atoms with Crippen LogP contribution < -0.4 is 5.32 Å². The molecule has 0 bridgehead atoms. The lowest BCUT2D eigenvalue weighted by Gasteiger charge is -2.48. The average Bonchev–Trinajstić information content (AvgIpc) is 2.38. The summed E-state index contributed by atoms with van der Waals surface area (Å²) in [6.07, 6.45) is 6.48. The third-order valence-electron chi connectivity index (χ3n) is 4.70. The van der Waals surface area contributed by atoms with E-state index in [0.717, 1.165) is 12.0 Å². The molecule has 1 unspecified atom stereocenters. The minimum Gasteiger partial charge on any atom is -0.308 e. The van der Waals surface area contributed by atoms with Gasteiger partial charge in [0.2, 0.25) is 0 Å². The van der Waals surface area contributed by atoms with Crippen LogP contribution in [0.15, 0.2) is 0 Å². The normalized spacial score (nSPS) is 24.7. The molecule has 0 aromatic rings. The zero-order chi connectivity index (χ0) is 13.6. The van der Waals surface area contributed by atoms with Gasteiger partial charge in [0, 0.05) is 24.7 Å². The van der Waals surface area contributed by atoms with E-state index >= 15 is 0 Å². The Labute approximate surface area is 115 Å². The second-order valence-electron chi connectivity index (χ2n) is 6.46. The van der Waals surface area contributed by atoms with Gasteiger partial charge in [-0.2, -0.15) is 0 Å². The molecule has 1 rings (SSSR count). The molecule has 0 aromatic carbocycles. The molecule has 1 N–H and O–H groups in total. The van der Waals surface area contributed by atoms with Crippen LogP contribution in [0.3, 0.4) is 0 Å². The highest BCUT2D eigenvalue weighted by molar-refractivity contribution is 4.96. The average molecular weight is 254 g/mol. The van der Waals surface area contributed by atoms with E-state index in [0.29, 0.717) is 5.54 Å². The van der Waals surface area contributed by atoms with Crippen LogP contribution in [0.4, 0.5) is 0 Å². The Kier molecular flexibility index (Phi) is 6.65. The van der Waals surface area contributed by atoms with Crippen LogP contribution in [0.2, 0.25) is 0 Å². The second-order valence-corrected chi connectivity index (χ2v) is 6.46. The zero-order valence-electron chi connectivity index (χ0n) is 13.3. The summed E-state index contributed by atoms with van der Waals surface area (Å²) < 4.78 is 0. The smallest absolute Gasteiger partial charge is 0.0304 e. The van der Waals surface area contributed by atoms with Gasteiger partial charge in [0.1, 0.15) is 0 Å². The van der Waals surface area contributed by atoms with Gasteiger partial charge in [0.05, 0.1) is 0 Å². The predicted octanol–water partition coefficient (Wildman–Crippen LogP) is 3.67. The monoisotopic (exact) mass is 254 g/mol. The van der Waals surface area contributed by atoms with Crippen LogP contribution in [0.5, 0.6) is 0 Å². The first kappa shape index (κ1) is 16.0. The highest BCUT2D eigenvalue weighted by atomic mass is 15.2. The summed E-state index contributed by atoms with van der Waals surface area (Å²) >= 11 is 0. The van der Waals surface area contributed by atoms with Gasteiger partial charge in [-0.3, -0.25) is 4.90 Å². The third kappa shape index (κ3) is 4.24. The van der Waals surface area contributed by atoms with Crippen molar-refractivity contribution in [1.82, 2.24) is 10.2 Å². The van der Waals surface area contributed by atoms with Gasteiger partial charge in [-0.05, 0) is 38.1 Å². The summed E-state index contributed by atoms with van der Waals surface area (Å²) in [5, 5.41) is 3.84. The minimum absolute atomic E-state index is 0.376. The maximum Gasteiger partial charge on any atom is 0.0304 e. The van der Waals surface area contributed by atoms with Gasteiger partial charge in [-0.25, -0.2) is 0 Å². The van der Waals surface area contributed by atoms with Crippen LogP contribution in [0, 0.1) is 5.92 Å². The fourth-order valence-corrected chi connectivity index (χ4v) is 3.06. The summed E-state index contributed by atoms with van der Waals surface area (Å²) in [5.74, 6) is 0.819. The van der Waals surface area contributed by atoms with E-state index < -0.39 is 0 Å². The van der Waals surface area contributed by atoms with Gasteiger partial charge in [0.25, 0.3) is 0 Å². The Balaban J connectivity index is 2.63. The number of rotatable bonds is 7. The maximum atomic E-state index is 3.84. The number of hydrogen-bond donors (Lipinski definition) is 1. The van der Waals surface area contributed by atoms with Crippen molar-refractivity contribution < 1.29 is 0 Å². The second kappa shape index (κ2) is 7.49. The molecule has 0 radical (unpaired) electrons. The van der Waals surface area contributed by atoms with Gasteiger partial charge < -0.3 is 5.32 Å². The summed E-state index contributed by atoms with van der Waals surface area (Å²) in [6, 6.07) is 0.764. The van der Waals surface area contributed by atoms with Crippen molar-refractivity contribution in [3.8, 4) is 0 Å². The van der Waals surface area contributed by atoms with Crippen LogP contribution in [-0.2, 0) is 0 Å². The first-order valence-corrected chi connectivity index (χ1v) is 8.06. The Bertz CT molecular complexity index is 221.